The van der Waals surface area contributed by atoms with Crippen molar-refractivity contribution in [2.24, 2.45) is 5.92 Å². The van der Waals surface area contributed by atoms with E-state index in [0.29, 0.717) is 10.7 Å². The Morgan fingerprint density at radius 3 is 3.12 bits per heavy atom. The number of aromatic amines is 1. The highest BCUT2D eigenvalue weighted by Gasteiger charge is 2.25. The van der Waals surface area contributed by atoms with Crippen molar-refractivity contribution in [3.05, 3.63) is 4.77 Å². The maximum absolute atomic E-state index is 5.19. The van der Waals surface area contributed by atoms with E-state index in [9.17, 15) is 0 Å². The smallest absolute Gasteiger partial charge is 0.225 e. The summed E-state index contributed by atoms with van der Waals surface area (Å²) in [6, 6.07) is 0. The molecule has 1 N–H and O–H groups in total. The van der Waals surface area contributed by atoms with E-state index in [1.165, 1.54) is 0 Å². The molecule has 0 spiro atoms. The van der Waals surface area contributed by atoms with Gasteiger partial charge in [-0.2, -0.15) is 0 Å². The Morgan fingerprint density at radius 2 is 2.44 bits per heavy atom. The molecule has 0 saturated carbocycles. The van der Waals surface area contributed by atoms with Crippen molar-refractivity contribution in [2.45, 2.75) is 19.9 Å². The zero-order chi connectivity index (χ0) is 11.5. The number of rotatable bonds is 4. The van der Waals surface area contributed by atoms with E-state index in [4.69, 9.17) is 17.0 Å². The van der Waals surface area contributed by atoms with Gasteiger partial charge in [0.25, 0.3) is 0 Å². The number of hydrogen-bond acceptors (Lipinski definition) is 4. The number of nitrogens with one attached hydrogen (secondary N) is 1. The minimum Gasteiger partial charge on any atom is -0.384 e. The molecule has 1 unspecified atom stereocenters. The van der Waals surface area contributed by atoms with E-state index in [2.05, 4.69) is 22.0 Å². The molecule has 1 fully saturated rings. The first kappa shape index (κ1) is 11.6. The van der Waals surface area contributed by atoms with E-state index >= 15 is 0 Å². The monoisotopic (exact) mass is 242 g/mol. The van der Waals surface area contributed by atoms with Crippen molar-refractivity contribution < 1.29 is 4.74 Å². The molecule has 2 rings (SSSR count). The van der Waals surface area contributed by atoms with Gasteiger partial charge in [-0.05, 0) is 25.6 Å². The molecule has 2 heterocycles. The molecular weight excluding hydrogens is 224 g/mol. The van der Waals surface area contributed by atoms with Gasteiger partial charge >= 0.3 is 0 Å². The Morgan fingerprint density at radius 1 is 1.62 bits per heavy atom. The van der Waals surface area contributed by atoms with Crippen LogP contribution in [0.4, 0.5) is 5.95 Å². The standard InChI is InChI=1S/C10H18N4OS/c1-3-14-9(11-12-10(14)16)13-5-4-8(6-13)7-15-2/h8H,3-7H2,1-2H3,(H,12,16). The van der Waals surface area contributed by atoms with E-state index in [-0.39, 0.29) is 0 Å². The summed E-state index contributed by atoms with van der Waals surface area (Å²) < 4.78 is 7.92. The number of H-pyrrole nitrogens is 1. The first-order valence-corrected chi connectivity index (χ1v) is 6.06. The van der Waals surface area contributed by atoms with Crippen LogP contribution in [0.15, 0.2) is 0 Å². The highest BCUT2D eigenvalue weighted by molar-refractivity contribution is 7.71. The number of hydrogen-bond donors (Lipinski definition) is 1. The Bertz CT molecular complexity index is 400. The van der Waals surface area contributed by atoms with Gasteiger partial charge in [0.15, 0.2) is 4.77 Å². The van der Waals surface area contributed by atoms with Crippen LogP contribution in [0.2, 0.25) is 0 Å². The quantitative estimate of drug-likeness (QED) is 0.811. The molecule has 1 atom stereocenters. The van der Waals surface area contributed by atoms with Crippen LogP contribution >= 0.6 is 12.2 Å². The average Bonchev–Trinajstić information content (AvgIpc) is 2.85. The van der Waals surface area contributed by atoms with Crippen molar-refractivity contribution in [3.8, 4) is 0 Å². The lowest BCUT2D eigenvalue weighted by Crippen LogP contribution is -2.24. The molecule has 16 heavy (non-hydrogen) atoms. The summed E-state index contributed by atoms with van der Waals surface area (Å²) >= 11 is 5.18. The third-order valence-electron chi connectivity index (χ3n) is 3.03. The van der Waals surface area contributed by atoms with Crippen LogP contribution in [0.5, 0.6) is 0 Å². The Labute approximate surface area is 100 Å². The summed E-state index contributed by atoms with van der Waals surface area (Å²) in [6.45, 7) is 5.81. The second-order valence-electron chi connectivity index (χ2n) is 4.13. The van der Waals surface area contributed by atoms with Gasteiger partial charge in [-0.25, -0.2) is 5.10 Å². The van der Waals surface area contributed by atoms with Crippen molar-refractivity contribution in [1.29, 1.82) is 0 Å². The molecular formula is C10H18N4OS. The van der Waals surface area contributed by atoms with Crippen molar-refractivity contribution in [3.63, 3.8) is 0 Å². The number of aromatic nitrogens is 3. The van der Waals surface area contributed by atoms with Crippen molar-refractivity contribution in [2.75, 3.05) is 31.7 Å². The van der Waals surface area contributed by atoms with Crippen LogP contribution in [-0.2, 0) is 11.3 Å². The third-order valence-corrected chi connectivity index (χ3v) is 3.34. The van der Waals surface area contributed by atoms with Gasteiger partial charge < -0.3 is 9.64 Å². The first-order valence-electron chi connectivity index (χ1n) is 5.65. The molecule has 1 aliphatic rings. The van der Waals surface area contributed by atoms with E-state index < -0.39 is 0 Å². The van der Waals surface area contributed by atoms with Crippen LogP contribution in [-0.4, -0.2) is 41.6 Å². The molecule has 0 bridgehead atoms. The minimum absolute atomic E-state index is 0.612. The highest BCUT2D eigenvalue weighted by atomic mass is 32.1. The maximum atomic E-state index is 5.19. The number of ether oxygens (including phenoxy) is 1. The van der Waals surface area contributed by atoms with Gasteiger partial charge in [0.1, 0.15) is 0 Å². The summed E-state index contributed by atoms with van der Waals surface area (Å²) in [5, 5.41) is 7.15. The van der Waals surface area contributed by atoms with Crippen LogP contribution in [0, 0.1) is 10.7 Å². The van der Waals surface area contributed by atoms with Gasteiger partial charge in [0.2, 0.25) is 5.95 Å². The molecule has 1 saturated heterocycles. The van der Waals surface area contributed by atoms with Crippen LogP contribution in [0.3, 0.4) is 0 Å². The minimum atomic E-state index is 0.612. The zero-order valence-corrected chi connectivity index (χ0v) is 10.6. The zero-order valence-electron chi connectivity index (χ0n) is 9.77. The van der Waals surface area contributed by atoms with Gasteiger partial charge in [-0.15, -0.1) is 5.10 Å². The fraction of sp³-hybridized carbons (Fsp3) is 0.800. The normalized spacial score (nSPS) is 20.6. The second kappa shape index (κ2) is 4.97. The maximum Gasteiger partial charge on any atom is 0.225 e. The number of methoxy groups -OCH3 is 1. The summed E-state index contributed by atoms with van der Waals surface area (Å²) in [5.41, 5.74) is 0. The van der Waals surface area contributed by atoms with Crippen LogP contribution < -0.4 is 4.90 Å². The van der Waals surface area contributed by atoms with Crippen molar-refractivity contribution in [1.82, 2.24) is 14.8 Å². The predicted octanol–water partition coefficient (Wildman–Crippen LogP) is 1.43. The molecule has 0 radical (unpaired) electrons. The summed E-state index contributed by atoms with van der Waals surface area (Å²) in [6.07, 6.45) is 1.16. The van der Waals surface area contributed by atoms with E-state index in [1.54, 1.807) is 7.11 Å². The summed E-state index contributed by atoms with van der Waals surface area (Å²) in [4.78, 5) is 2.28. The lowest BCUT2D eigenvalue weighted by molar-refractivity contribution is 0.160. The Balaban J connectivity index is 2.11. The largest absolute Gasteiger partial charge is 0.384 e. The molecule has 6 heteroatoms. The first-order chi connectivity index (χ1) is 7.76. The molecule has 0 aromatic carbocycles. The SMILES string of the molecule is CCn1c(N2CCC(COC)C2)n[nH]c1=S. The number of anilines is 1. The topological polar surface area (TPSA) is 46.1 Å². The fourth-order valence-electron chi connectivity index (χ4n) is 2.22. The lowest BCUT2D eigenvalue weighted by Gasteiger charge is -2.17. The van der Waals surface area contributed by atoms with Crippen LogP contribution in [0.25, 0.3) is 0 Å². The molecule has 5 nitrogen and oxygen atoms in total. The molecule has 1 aromatic heterocycles. The lowest BCUT2D eigenvalue weighted by atomic mass is 10.1. The van der Waals surface area contributed by atoms with Gasteiger partial charge in [-0.1, -0.05) is 0 Å². The number of nitrogens with zero attached hydrogens (tertiary/aromatic N) is 3. The Kier molecular flexibility index (Phi) is 3.60. The predicted molar refractivity (Wildman–Crippen MR) is 65.3 cm³/mol. The molecule has 1 aromatic rings. The third kappa shape index (κ3) is 2.12. The average molecular weight is 242 g/mol. The highest BCUT2D eigenvalue weighted by Crippen LogP contribution is 2.22. The van der Waals surface area contributed by atoms with Crippen molar-refractivity contribution >= 4 is 18.2 Å². The van der Waals surface area contributed by atoms with Gasteiger partial charge in [0.05, 0.1) is 6.61 Å². The Hall–Kier alpha value is -0.880. The second-order valence-corrected chi connectivity index (χ2v) is 4.52. The van der Waals surface area contributed by atoms with Gasteiger partial charge in [-0.3, -0.25) is 4.57 Å². The van der Waals surface area contributed by atoms with Crippen LogP contribution in [0.1, 0.15) is 13.3 Å². The van der Waals surface area contributed by atoms with E-state index in [1.807, 2.05) is 4.57 Å². The summed E-state index contributed by atoms with van der Waals surface area (Å²) in [7, 11) is 1.75. The van der Waals surface area contributed by atoms with Gasteiger partial charge in [0, 0.05) is 32.7 Å². The van der Waals surface area contributed by atoms with E-state index in [0.717, 1.165) is 38.6 Å². The fourth-order valence-corrected chi connectivity index (χ4v) is 2.48. The molecule has 0 amide bonds. The molecule has 1 aliphatic heterocycles. The summed E-state index contributed by atoms with van der Waals surface area (Å²) in [5.74, 6) is 1.58. The molecule has 0 aliphatic carbocycles. The molecule has 90 valence electrons.